The van der Waals surface area contributed by atoms with Gasteiger partial charge in [0.05, 0.1) is 32.8 Å². The van der Waals surface area contributed by atoms with Gasteiger partial charge in [-0.2, -0.15) is 0 Å². The third-order valence-corrected chi connectivity index (χ3v) is 4.59. The molecule has 0 fully saturated rings. The Labute approximate surface area is 160 Å². The Morgan fingerprint density at radius 3 is 2.63 bits per heavy atom. The standard InChI is InChI=1S/C16H21N5O5S/c1-9(21-15(17)19-20-16(21)27-8-13(22)26-4)14(23)18-11-7-10(24-2)5-6-12(11)25-3/h5-7,9H,8H2,1-4H3,(H2,17,19)(H,18,23). The largest absolute Gasteiger partial charge is 0.497 e. The van der Waals surface area contributed by atoms with Crippen molar-refractivity contribution in [2.75, 3.05) is 38.1 Å². The van der Waals surface area contributed by atoms with Crippen LogP contribution in [0.2, 0.25) is 0 Å². The van der Waals surface area contributed by atoms with E-state index in [1.807, 2.05) is 0 Å². The monoisotopic (exact) mass is 395 g/mol. The van der Waals surface area contributed by atoms with Gasteiger partial charge >= 0.3 is 5.97 Å². The number of amides is 1. The summed E-state index contributed by atoms with van der Waals surface area (Å²) in [6.45, 7) is 1.64. The van der Waals surface area contributed by atoms with Gasteiger partial charge in [-0.1, -0.05) is 11.8 Å². The molecule has 0 aliphatic rings. The number of esters is 1. The summed E-state index contributed by atoms with van der Waals surface area (Å²) < 4.78 is 16.5. The van der Waals surface area contributed by atoms with E-state index in [1.54, 1.807) is 25.1 Å². The molecule has 0 aliphatic carbocycles. The number of ether oxygens (including phenoxy) is 3. The minimum Gasteiger partial charge on any atom is -0.497 e. The maximum Gasteiger partial charge on any atom is 0.316 e. The predicted molar refractivity (Wildman–Crippen MR) is 100 cm³/mol. The number of carbonyl (C=O) groups is 2. The van der Waals surface area contributed by atoms with E-state index < -0.39 is 12.0 Å². The van der Waals surface area contributed by atoms with Gasteiger partial charge in [0.25, 0.3) is 0 Å². The van der Waals surface area contributed by atoms with Gasteiger partial charge in [0, 0.05) is 6.07 Å². The van der Waals surface area contributed by atoms with Crippen molar-refractivity contribution in [2.45, 2.75) is 18.1 Å². The van der Waals surface area contributed by atoms with Crippen molar-refractivity contribution >= 4 is 35.3 Å². The van der Waals surface area contributed by atoms with Crippen molar-refractivity contribution in [3.63, 3.8) is 0 Å². The van der Waals surface area contributed by atoms with Crippen LogP contribution in [0.4, 0.5) is 11.6 Å². The van der Waals surface area contributed by atoms with Crippen molar-refractivity contribution in [1.82, 2.24) is 14.8 Å². The van der Waals surface area contributed by atoms with Gasteiger partial charge in [0.2, 0.25) is 11.9 Å². The van der Waals surface area contributed by atoms with Gasteiger partial charge in [-0.15, -0.1) is 10.2 Å². The molecule has 146 valence electrons. The van der Waals surface area contributed by atoms with Crippen LogP contribution >= 0.6 is 11.8 Å². The van der Waals surface area contributed by atoms with Crippen LogP contribution in [0.3, 0.4) is 0 Å². The van der Waals surface area contributed by atoms with Crippen LogP contribution in [0.25, 0.3) is 0 Å². The molecule has 11 heteroatoms. The number of carbonyl (C=O) groups excluding carboxylic acids is 2. The number of hydrogen-bond donors (Lipinski definition) is 2. The van der Waals surface area contributed by atoms with E-state index in [0.717, 1.165) is 11.8 Å². The van der Waals surface area contributed by atoms with Gasteiger partial charge in [-0.25, -0.2) is 0 Å². The number of anilines is 2. The summed E-state index contributed by atoms with van der Waals surface area (Å²) >= 11 is 1.08. The van der Waals surface area contributed by atoms with Crippen molar-refractivity contribution < 1.29 is 23.8 Å². The Hall–Kier alpha value is -2.95. The van der Waals surface area contributed by atoms with Crippen molar-refractivity contribution in [1.29, 1.82) is 0 Å². The van der Waals surface area contributed by atoms with Gasteiger partial charge in [-0.3, -0.25) is 14.2 Å². The first-order valence-corrected chi connectivity index (χ1v) is 8.82. The van der Waals surface area contributed by atoms with E-state index >= 15 is 0 Å². The summed E-state index contributed by atoms with van der Waals surface area (Å²) in [5.74, 6) is 0.333. The van der Waals surface area contributed by atoms with Crippen molar-refractivity contribution in [3.05, 3.63) is 18.2 Å². The lowest BCUT2D eigenvalue weighted by atomic mass is 10.2. The molecule has 0 radical (unpaired) electrons. The van der Waals surface area contributed by atoms with Gasteiger partial charge in [-0.05, 0) is 19.1 Å². The van der Waals surface area contributed by atoms with Crippen molar-refractivity contribution in [2.24, 2.45) is 0 Å². The molecule has 10 nitrogen and oxygen atoms in total. The van der Waals surface area contributed by atoms with Gasteiger partial charge < -0.3 is 25.3 Å². The first-order valence-electron chi connectivity index (χ1n) is 7.84. The minimum absolute atomic E-state index is 0.0205. The fourth-order valence-electron chi connectivity index (χ4n) is 2.20. The number of nitrogens with two attached hydrogens (primary N) is 1. The highest BCUT2D eigenvalue weighted by molar-refractivity contribution is 7.99. The van der Waals surface area contributed by atoms with Gasteiger partial charge in [0.1, 0.15) is 17.5 Å². The van der Waals surface area contributed by atoms with E-state index in [-0.39, 0.29) is 17.6 Å². The normalized spacial score (nSPS) is 11.6. The number of nitrogens with zero attached hydrogens (tertiary/aromatic N) is 3. The summed E-state index contributed by atoms with van der Waals surface area (Å²) in [7, 11) is 4.32. The smallest absolute Gasteiger partial charge is 0.316 e. The van der Waals surface area contributed by atoms with Crippen LogP contribution in [0.5, 0.6) is 11.5 Å². The Bertz CT molecular complexity index is 826. The summed E-state index contributed by atoms with van der Waals surface area (Å²) in [5.41, 5.74) is 6.30. The Morgan fingerprint density at radius 1 is 1.26 bits per heavy atom. The van der Waals surface area contributed by atoms with Crippen LogP contribution in [0.1, 0.15) is 13.0 Å². The van der Waals surface area contributed by atoms with Crippen molar-refractivity contribution in [3.8, 4) is 11.5 Å². The SMILES string of the molecule is COC(=O)CSc1nnc(N)n1C(C)C(=O)Nc1cc(OC)ccc1OC. The minimum atomic E-state index is -0.740. The molecule has 2 aromatic rings. The van der Waals surface area contributed by atoms with Crippen LogP contribution in [-0.2, 0) is 14.3 Å². The molecule has 3 N–H and O–H groups in total. The number of nitrogen functional groups attached to an aromatic ring is 1. The highest BCUT2D eigenvalue weighted by Gasteiger charge is 2.24. The van der Waals surface area contributed by atoms with Crippen LogP contribution in [0, 0.1) is 0 Å². The van der Waals surface area contributed by atoms with Crippen LogP contribution < -0.4 is 20.5 Å². The molecule has 27 heavy (non-hydrogen) atoms. The third kappa shape index (κ3) is 4.82. The summed E-state index contributed by atoms with van der Waals surface area (Å²) in [6.07, 6.45) is 0. The zero-order chi connectivity index (χ0) is 20.0. The van der Waals surface area contributed by atoms with Crippen LogP contribution in [-0.4, -0.2) is 53.7 Å². The molecule has 1 heterocycles. The van der Waals surface area contributed by atoms with E-state index in [2.05, 4.69) is 20.3 Å². The second-order valence-electron chi connectivity index (χ2n) is 5.31. The second kappa shape index (κ2) is 9.12. The molecule has 1 unspecified atom stereocenters. The lowest BCUT2D eigenvalue weighted by Crippen LogP contribution is -2.25. The van der Waals surface area contributed by atoms with E-state index in [0.29, 0.717) is 22.3 Å². The van der Waals surface area contributed by atoms with Gasteiger partial charge in [0.15, 0.2) is 5.16 Å². The molecular formula is C16H21N5O5S. The highest BCUT2D eigenvalue weighted by atomic mass is 32.2. The molecule has 0 aliphatic heterocycles. The molecule has 0 spiro atoms. The fourth-order valence-corrected chi connectivity index (χ4v) is 3.05. The number of rotatable bonds is 8. The summed E-state index contributed by atoms with van der Waals surface area (Å²) in [6, 6.07) is 4.31. The Kier molecular flexibility index (Phi) is 6.88. The number of thioether (sulfide) groups is 1. The number of aromatic nitrogens is 3. The first-order chi connectivity index (χ1) is 12.9. The zero-order valence-electron chi connectivity index (χ0n) is 15.4. The van der Waals surface area contributed by atoms with E-state index in [4.69, 9.17) is 15.2 Å². The molecular weight excluding hydrogens is 374 g/mol. The summed E-state index contributed by atoms with van der Waals surface area (Å²) in [5, 5.41) is 10.8. The lowest BCUT2D eigenvalue weighted by molar-refractivity contribution is -0.137. The molecule has 1 aromatic carbocycles. The van der Waals surface area contributed by atoms with E-state index in [1.165, 1.54) is 25.9 Å². The molecule has 0 saturated heterocycles. The maximum atomic E-state index is 12.7. The van der Waals surface area contributed by atoms with Crippen LogP contribution in [0.15, 0.2) is 23.4 Å². The Balaban J connectivity index is 2.21. The molecule has 2 rings (SSSR count). The lowest BCUT2D eigenvalue weighted by Gasteiger charge is -2.18. The average Bonchev–Trinajstić information content (AvgIpc) is 3.05. The number of hydrogen-bond acceptors (Lipinski definition) is 9. The molecule has 1 aromatic heterocycles. The fraction of sp³-hybridized carbons (Fsp3) is 0.375. The second-order valence-corrected chi connectivity index (χ2v) is 6.25. The molecule has 1 amide bonds. The topological polar surface area (TPSA) is 131 Å². The number of methoxy groups -OCH3 is 3. The Morgan fingerprint density at radius 2 is 2.00 bits per heavy atom. The number of nitrogens with one attached hydrogen (secondary N) is 1. The average molecular weight is 395 g/mol. The molecule has 1 atom stereocenters. The zero-order valence-corrected chi connectivity index (χ0v) is 16.2. The number of benzene rings is 1. The molecule has 0 saturated carbocycles. The predicted octanol–water partition coefficient (Wildman–Crippen LogP) is 1.34. The van der Waals surface area contributed by atoms with E-state index in [9.17, 15) is 9.59 Å². The third-order valence-electron chi connectivity index (χ3n) is 3.67. The quantitative estimate of drug-likeness (QED) is 0.502. The maximum absolute atomic E-state index is 12.7. The summed E-state index contributed by atoms with van der Waals surface area (Å²) in [4.78, 5) is 24.1. The first kappa shape index (κ1) is 20.4. The molecule has 0 bridgehead atoms. The highest BCUT2D eigenvalue weighted by Crippen LogP contribution is 2.30.